The quantitative estimate of drug-likeness (QED) is 0.564. The van der Waals surface area contributed by atoms with Crippen LogP contribution in [0.15, 0.2) is 22.5 Å². The fourth-order valence-corrected chi connectivity index (χ4v) is 5.67. The molecule has 2 aromatic rings. The van der Waals surface area contributed by atoms with Crippen molar-refractivity contribution in [3.8, 4) is 0 Å². The molecule has 1 aliphatic rings. The molecule has 3 heterocycles. The Bertz CT molecular complexity index is 738. The second kappa shape index (κ2) is 9.66. The molecule has 0 saturated carbocycles. The van der Waals surface area contributed by atoms with Gasteiger partial charge in [0.25, 0.3) is 0 Å². The zero-order valence-corrected chi connectivity index (χ0v) is 18.4. The van der Waals surface area contributed by atoms with E-state index < -0.39 is 0 Å². The van der Waals surface area contributed by atoms with Gasteiger partial charge in [-0.05, 0) is 64.6 Å². The molecule has 27 heavy (non-hydrogen) atoms. The van der Waals surface area contributed by atoms with Gasteiger partial charge in [0.15, 0.2) is 5.96 Å². The van der Waals surface area contributed by atoms with Crippen molar-refractivity contribution in [1.82, 2.24) is 20.5 Å². The first kappa shape index (κ1) is 20.3. The number of rotatable bonds is 6. The minimum Gasteiger partial charge on any atom is -0.357 e. The third-order valence-corrected chi connectivity index (χ3v) is 7.10. The monoisotopic (exact) mass is 405 g/mol. The topological polar surface area (TPSA) is 52.6 Å². The largest absolute Gasteiger partial charge is 0.357 e. The van der Waals surface area contributed by atoms with Crippen LogP contribution in [0, 0.1) is 19.8 Å². The molecule has 2 aromatic heterocycles. The van der Waals surface area contributed by atoms with Crippen molar-refractivity contribution in [1.29, 1.82) is 0 Å². The number of nitrogens with one attached hydrogen (secondary N) is 2. The van der Waals surface area contributed by atoms with E-state index in [-0.39, 0.29) is 0 Å². The Morgan fingerprint density at radius 1 is 1.37 bits per heavy atom. The van der Waals surface area contributed by atoms with Crippen molar-refractivity contribution in [2.45, 2.75) is 46.2 Å². The Balaban J connectivity index is 1.65. The average molecular weight is 406 g/mol. The molecular formula is C20H31N5S2. The second-order valence-electron chi connectivity index (χ2n) is 7.16. The molecule has 2 unspecified atom stereocenters. The fraction of sp³-hybridized carbons (Fsp3) is 0.600. The molecule has 0 aromatic carbocycles. The molecular weight excluding hydrogens is 374 g/mol. The van der Waals surface area contributed by atoms with Gasteiger partial charge in [0.1, 0.15) is 0 Å². The second-order valence-corrected chi connectivity index (χ2v) is 9.43. The highest BCUT2D eigenvalue weighted by atomic mass is 32.1. The lowest BCUT2D eigenvalue weighted by molar-refractivity contribution is 0.125. The summed E-state index contributed by atoms with van der Waals surface area (Å²) in [4.78, 5) is 14.5. The highest BCUT2D eigenvalue weighted by Gasteiger charge is 2.31. The smallest absolute Gasteiger partial charge is 0.191 e. The molecule has 0 radical (unpaired) electrons. The molecule has 0 aliphatic carbocycles. The van der Waals surface area contributed by atoms with Crippen LogP contribution >= 0.6 is 22.7 Å². The molecule has 0 spiro atoms. The summed E-state index contributed by atoms with van der Waals surface area (Å²) in [6.45, 7) is 9.91. The number of hydrogen-bond donors (Lipinski definition) is 2. The lowest BCUT2D eigenvalue weighted by atomic mass is 9.88. The van der Waals surface area contributed by atoms with Gasteiger partial charge < -0.3 is 10.6 Å². The summed E-state index contributed by atoms with van der Waals surface area (Å²) in [6.07, 6.45) is 2.52. The molecule has 1 fully saturated rings. The van der Waals surface area contributed by atoms with Crippen LogP contribution in [0.3, 0.4) is 0 Å². The van der Waals surface area contributed by atoms with Crippen LogP contribution in [0.2, 0.25) is 0 Å². The van der Waals surface area contributed by atoms with E-state index >= 15 is 0 Å². The number of nitrogens with zero attached hydrogens (tertiary/aromatic N) is 3. The SMILES string of the molecule is CCNC(=NCc1sc(C)nc1C)NCC1CCCN(C)C1c1cccs1. The number of thiazole rings is 1. The van der Waals surface area contributed by atoms with Gasteiger partial charge in [0.2, 0.25) is 0 Å². The molecule has 5 nitrogen and oxygen atoms in total. The molecule has 0 amide bonds. The van der Waals surface area contributed by atoms with Crippen molar-refractivity contribution in [3.63, 3.8) is 0 Å². The molecule has 0 bridgehead atoms. The lowest BCUT2D eigenvalue weighted by Gasteiger charge is -2.39. The third-order valence-electron chi connectivity index (χ3n) is 5.10. The minimum atomic E-state index is 0.500. The maximum Gasteiger partial charge on any atom is 0.191 e. The van der Waals surface area contributed by atoms with E-state index in [1.54, 1.807) is 11.3 Å². The Morgan fingerprint density at radius 2 is 2.22 bits per heavy atom. The highest BCUT2D eigenvalue weighted by Crippen LogP contribution is 2.36. The molecule has 1 aliphatic heterocycles. The summed E-state index contributed by atoms with van der Waals surface area (Å²) in [5, 5.41) is 10.3. The van der Waals surface area contributed by atoms with E-state index in [1.165, 1.54) is 29.1 Å². The predicted molar refractivity (Wildman–Crippen MR) is 117 cm³/mol. The summed E-state index contributed by atoms with van der Waals surface area (Å²) >= 11 is 3.61. The Hall–Kier alpha value is -1.44. The average Bonchev–Trinajstić information content (AvgIpc) is 3.27. The Kier molecular flexibility index (Phi) is 7.26. The van der Waals surface area contributed by atoms with Crippen LogP contribution in [0.25, 0.3) is 0 Å². The number of thiophene rings is 1. The highest BCUT2D eigenvalue weighted by molar-refractivity contribution is 7.11. The van der Waals surface area contributed by atoms with E-state index in [0.29, 0.717) is 18.5 Å². The van der Waals surface area contributed by atoms with Crippen molar-refractivity contribution >= 4 is 28.6 Å². The first-order chi connectivity index (χ1) is 13.1. The van der Waals surface area contributed by atoms with Crippen molar-refractivity contribution in [3.05, 3.63) is 38.0 Å². The molecule has 2 atom stereocenters. The van der Waals surface area contributed by atoms with E-state index in [0.717, 1.165) is 29.8 Å². The van der Waals surface area contributed by atoms with E-state index in [9.17, 15) is 0 Å². The van der Waals surface area contributed by atoms with Gasteiger partial charge in [-0.25, -0.2) is 9.98 Å². The standard InChI is InChI=1S/C20H31N5S2/c1-5-21-20(23-13-18-14(2)24-15(3)27-18)22-12-16-8-6-10-25(4)19(16)17-9-7-11-26-17/h7,9,11,16,19H,5-6,8,10,12-13H2,1-4H3,(H2,21,22,23). The van der Waals surface area contributed by atoms with Crippen molar-refractivity contribution in [2.24, 2.45) is 10.9 Å². The number of aryl methyl sites for hydroxylation is 2. The maximum atomic E-state index is 4.80. The van der Waals surface area contributed by atoms with E-state index in [4.69, 9.17) is 4.99 Å². The predicted octanol–water partition coefficient (Wildman–Crippen LogP) is 3.96. The summed E-state index contributed by atoms with van der Waals surface area (Å²) < 4.78 is 0. The van der Waals surface area contributed by atoms with Gasteiger partial charge in [-0.2, -0.15) is 0 Å². The summed E-state index contributed by atoms with van der Waals surface area (Å²) in [5.41, 5.74) is 1.10. The van der Waals surface area contributed by atoms with Crippen LogP contribution in [0.4, 0.5) is 0 Å². The number of guanidine groups is 1. The van der Waals surface area contributed by atoms with Crippen LogP contribution in [0.5, 0.6) is 0 Å². The third kappa shape index (κ3) is 5.30. The van der Waals surface area contributed by atoms with Gasteiger partial charge in [-0.1, -0.05) is 6.07 Å². The molecule has 1 saturated heterocycles. The normalized spacial score (nSPS) is 21.4. The van der Waals surface area contributed by atoms with Gasteiger partial charge in [-0.3, -0.25) is 4.90 Å². The van der Waals surface area contributed by atoms with Crippen molar-refractivity contribution < 1.29 is 0 Å². The van der Waals surface area contributed by atoms with Crippen LogP contribution in [-0.4, -0.2) is 42.5 Å². The summed E-state index contributed by atoms with van der Waals surface area (Å²) in [6, 6.07) is 4.94. The van der Waals surface area contributed by atoms with Gasteiger partial charge >= 0.3 is 0 Å². The van der Waals surface area contributed by atoms with E-state index in [1.807, 2.05) is 11.3 Å². The van der Waals surface area contributed by atoms with Crippen LogP contribution in [-0.2, 0) is 6.54 Å². The van der Waals surface area contributed by atoms with Gasteiger partial charge in [0, 0.05) is 28.9 Å². The Morgan fingerprint density at radius 3 is 2.89 bits per heavy atom. The van der Waals surface area contributed by atoms with E-state index in [2.05, 4.69) is 65.8 Å². The summed E-state index contributed by atoms with van der Waals surface area (Å²) in [5.74, 6) is 1.50. The summed E-state index contributed by atoms with van der Waals surface area (Å²) in [7, 11) is 2.25. The first-order valence-corrected chi connectivity index (χ1v) is 11.5. The van der Waals surface area contributed by atoms with Gasteiger partial charge in [-0.15, -0.1) is 22.7 Å². The zero-order chi connectivity index (χ0) is 19.2. The van der Waals surface area contributed by atoms with Crippen LogP contribution < -0.4 is 10.6 Å². The Labute approximate surface area is 170 Å². The molecule has 148 valence electrons. The first-order valence-electron chi connectivity index (χ1n) is 9.77. The zero-order valence-electron chi connectivity index (χ0n) is 16.8. The minimum absolute atomic E-state index is 0.500. The number of likely N-dealkylation sites (tertiary alicyclic amines) is 1. The van der Waals surface area contributed by atoms with Crippen LogP contribution in [0.1, 0.15) is 46.3 Å². The molecule has 7 heteroatoms. The fourth-order valence-electron chi connectivity index (χ4n) is 3.82. The number of piperidine rings is 1. The van der Waals surface area contributed by atoms with Gasteiger partial charge in [0.05, 0.1) is 17.2 Å². The lowest BCUT2D eigenvalue weighted by Crippen LogP contribution is -2.44. The number of aromatic nitrogens is 1. The number of hydrogen-bond acceptors (Lipinski definition) is 5. The molecule has 2 N–H and O–H groups in total. The van der Waals surface area contributed by atoms with Crippen molar-refractivity contribution in [2.75, 3.05) is 26.7 Å². The number of aliphatic imine (C=N–C) groups is 1. The molecule has 3 rings (SSSR count). The maximum absolute atomic E-state index is 4.80.